The Bertz CT molecular complexity index is 607. The minimum atomic E-state index is -0.529. The maximum absolute atomic E-state index is 12.0. The number of ether oxygens (including phenoxy) is 3. The number of methoxy groups -OCH3 is 2. The second-order valence-electron chi connectivity index (χ2n) is 5.20. The summed E-state index contributed by atoms with van der Waals surface area (Å²) in [7, 11) is 2.88. The van der Waals surface area contributed by atoms with Gasteiger partial charge in [0.05, 0.1) is 31.8 Å². The molecule has 1 aromatic carbocycles. The third-order valence-corrected chi connectivity index (χ3v) is 3.70. The van der Waals surface area contributed by atoms with E-state index in [0.29, 0.717) is 36.6 Å². The van der Waals surface area contributed by atoms with Crippen LogP contribution in [-0.2, 0) is 16.0 Å². The van der Waals surface area contributed by atoms with Gasteiger partial charge < -0.3 is 24.8 Å². The van der Waals surface area contributed by atoms with Crippen LogP contribution >= 0.6 is 12.4 Å². The monoisotopic (exact) mass is 375 g/mol. The van der Waals surface area contributed by atoms with Crippen molar-refractivity contribution in [2.45, 2.75) is 12.5 Å². The fourth-order valence-electron chi connectivity index (χ4n) is 2.45. The smallest absolute Gasteiger partial charge is 0.276 e. The van der Waals surface area contributed by atoms with E-state index < -0.39 is 11.0 Å². The molecule has 9 nitrogen and oxygen atoms in total. The molecule has 1 aliphatic heterocycles. The number of amides is 1. The maximum Gasteiger partial charge on any atom is 0.276 e. The van der Waals surface area contributed by atoms with Crippen molar-refractivity contribution in [2.24, 2.45) is 0 Å². The summed E-state index contributed by atoms with van der Waals surface area (Å²) in [6, 6.07) is 2.88. The van der Waals surface area contributed by atoms with Crippen molar-refractivity contribution in [1.29, 1.82) is 0 Å². The lowest BCUT2D eigenvalue weighted by Gasteiger charge is -2.22. The van der Waals surface area contributed by atoms with Crippen LogP contribution < -0.4 is 20.1 Å². The van der Waals surface area contributed by atoms with Gasteiger partial charge in [0.1, 0.15) is 6.10 Å². The molecule has 0 spiro atoms. The Balaban J connectivity index is 0.00000312. The van der Waals surface area contributed by atoms with E-state index in [9.17, 15) is 14.9 Å². The van der Waals surface area contributed by atoms with E-state index in [1.165, 1.54) is 20.3 Å². The number of rotatable bonds is 7. The van der Waals surface area contributed by atoms with Gasteiger partial charge in [0.25, 0.3) is 5.69 Å². The standard InChI is InChI=1S/C15H21N3O6.ClH/c1-22-12-7-10(11(18(20)21)8-13(12)23-2)3-4-17-15(19)14-9-16-5-6-24-14;/h7-8,14,16H,3-6,9H2,1-2H3,(H,17,19);1H. The molecule has 0 radical (unpaired) electrons. The van der Waals surface area contributed by atoms with E-state index in [2.05, 4.69) is 10.6 Å². The zero-order valence-corrected chi connectivity index (χ0v) is 14.9. The number of carbonyl (C=O) groups excluding carboxylic acids is 1. The summed E-state index contributed by atoms with van der Waals surface area (Å²) in [5.41, 5.74) is 0.387. The number of hydrogen-bond acceptors (Lipinski definition) is 7. The molecule has 25 heavy (non-hydrogen) atoms. The summed E-state index contributed by atoms with van der Waals surface area (Å²) in [4.78, 5) is 22.7. The first-order valence-corrected chi connectivity index (χ1v) is 7.56. The number of nitrogens with zero attached hydrogens (tertiary/aromatic N) is 1. The van der Waals surface area contributed by atoms with Gasteiger partial charge in [-0.3, -0.25) is 14.9 Å². The molecular weight excluding hydrogens is 354 g/mol. The molecule has 1 amide bonds. The van der Waals surface area contributed by atoms with E-state index in [0.717, 1.165) is 6.54 Å². The number of hydrogen-bond donors (Lipinski definition) is 2. The Morgan fingerprint density at radius 1 is 1.40 bits per heavy atom. The highest BCUT2D eigenvalue weighted by Crippen LogP contribution is 2.34. The summed E-state index contributed by atoms with van der Waals surface area (Å²) in [6.45, 7) is 1.93. The fourth-order valence-corrected chi connectivity index (χ4v) is 2.45. The lowest BCUT2D eigenvalue weighted by atomic mass is 10.1. The highest BCUT2D eigenvalue weighted by molar-refractivity contribution is 5.85. The molecule has 140 valence electrons. The number of nitro groups is 1. The van der Waals surface area contributed by atoms with E-state index in [-0.39, 0.29) is 30.5 Å². The van der Waals surface area contributed by atoms with Gasteiger partial charge >= 0.3 is 0 Å². The van der Waals surface area contributed by atoms with Crippen molar-refractivity contribution in [3.05, 3.63) is 27.8 Å². The van der Waals surface area contributed by atoms with Gasteiger partial charge in [-0.25, -0.2) is 0 Å². The fraction of sp³-hybridized carbons (Fsp3) is 0.533. The lowest BCUT2D eigenvalue weighted by molar-refractivity contribution is -0.385. The molecule has 1 atom stereocenters. The van der Waals surface area contributed by atoms with Crippen LogP contribution in [0.15, 0.2) is 12.1 Å². The molecule has 0 bridgehead atoms. The van der Waals surface area contributed by atoms with E-state index in [1.54, 1.807) is 6.07 Å². The molecule has 1 aromatic rings. The van der Waals surface area contributed by atoms with Crippen molar-refractivity contribution < 1.29 is 23.9 Å². The van der Waals surface area contributed by atoms with Gasteiger partial charge in [-0.05, 0) is 12.5 Å². The number of halogens is 1. The molecule has 10 heteroatoms. The molecule has 1 heterocycles. The molecular formula is C15H22ClN3O6. The van der Waals surface area contributed by atoms with Gasteiger partial charge in [-0.15, -0.1) is 12.4 Å². The molecule has 0 aromatic heterocycles. The van der Waals surface area contributed by atoms with Crippen LogP contribution in [0, 0.1) is 10.1 Å². The summed E-state index contributed by atoms with van der Waals surface area (Å²) in [5, 5.41) is 17.0. The Morgan fingerprint density at radius 3 is 2.64 bits per heavy atom. The summed E-state index contributed by atoms with van der Waals surface area (Å²) >= 11 is 0. The van der Waals surface area contributed by atoms with Gasteiger partial charge in [0.2, 0.25) is 5.91 Å². The van der Waals surface area contributed by atoms with Gasteiger partial charge in [-0.2, -0.15) is 0 Å². The first-order chi connectivity index (χ1) is 11.6. The average molecular weight is 376 g/mol. The number of nitrogens with one attached hydrogen (secondary N) is 2. The predicted molar refractivity (Wildman–Crippen MR) is 92.8 cm³/mol. The SMILES string of the molecule is COc1cc(CCNC(=O)C2CNCCO2)c([N+](=O)[O-])cc1OC.Cl. The maximum atomic E-state index is 12.0. The van der Waals surface area contributed by atoms with Crippen molar-refractivity contribution >= 4 is 24.0 Å². The highest BCUT2D eigenvalue weighted by Gasteiger charge is 2.22. The van der Waals surface area contributed by atoms with Crippen LogP contribution in [0.25, 0.3) is 0 Å². The molecule has 1 unspecified atom stereocenters. The van der Waals surface area contributed by atoms with E-state index in [1.807, 2.05) is 0 Å². The first kappa shape index (κ1) is 20.9. The van der Waals surface area contributed by atoms with Crippen LogP contribution in [0.2, 0.25) is 0 Å². The predicted octanol–water partition coefficient (Wildman–Crippen LogP) is 0.681. The number of carbonyl (C=O) groups is 1. The normalized spacial score (nSPS) is 16.5. The zero-order chi connectivity index (χ0) is 17.5. The van der Waals surface area contributed by atoms with Crippen molar-refractivity contribution in [3.8, 4) is 11.5 Å². The molecule has 2 rings (SSSR count). The van der Waals surface area contributed by atoms with Crippen LogP contribution in [0.1, 0.15) is 5.56 Å². The second-order valence-corrected chi connectivity index (χ2v) is 5.20. The molecule has 0 saturated carbocycles. The third-order valence-electron chi connectivity index (χ3n) is 3.70. The van der Waals surface area contributed by atoms with Gasteiger partial charge in [-0.1, -0.05) is 0 Å². The summed E-state index contributed by atoms with van der Waals surface area (Å²) in [6.07, 6.45) is -0.234. The molecule has 0 aliphatic carbocycles. The van der Waals surface area contributed by atoms with Crippen molar-refractivity contribution in [2.75, 3.05) is 40.5 Å². The van der Waals surface area contributed by atoms with Gasteiger partial charge in [0.15, 0.2) is 11.5 Å². The first-order valence-electron chi connectivity index (χ1n) is 7.56. The number of morpholine rings is 1. The number of benzene rings is 1. The van der Waals surface area contributed by atoms with E-state index in [4.69, 9.17) is 14.2 Å². The van der Waals surface area contributed by atoms with E-state index >= 15 is 0 Å². The summed E-state index contributed by atoms with van der Waals surface area (Å²) < 4.78 is 15.6. The molecule has 1 fully saturated rings. The Hall–Kier alpha value is -2.10. The largest absolute Gasteiger partial charge is 0.493 e. The quantitative estimate of drug-likeness (QED) is 0.532. The van der Waals surface area contributed by atoms with Crippen LogP contribution in [-0.4, -0.2) is 57.4 Å². The Kier molecular flexibility index (Phi) is 8.39. The Labute approximate surface area is 151 Å². The molecule has 1 saturated heterocycles. The second kappa shape index (κ2) is 10.0. The van der Waals surface area contributed by atoms with Gasteiger partial charge in [0, 0.05) is 25.2 Å². The van der Waals surface area contributed by atoms with Crippen LogP contribution in [0.5, 0.6) is 11.5 Å². The Morgan fingerprint density at radius 2 is 2.08 bits per heavy atom. The van der Waals surface area contributed by atoms with Crippen molar-refractivity contribution in [3.63, 3.8) is 0 Å². The van der Waals surface area contributed by atoms with Crippen molar-refractivity contribution in [1.82, 2.24) is 10.6 Å². The minimum absolute atomic E-state index is 0. The number of nitro benzene ring substituents is 1. The molecule has 2 N–H and O–H groups in total. The summed E-state index contributed by atoms with van der Waals surface area (Å²) in [5.74, 6) is 0.466. The van der Waals surface area contributed by atoms with Crippen LogP contribution in [0.3, 0.4) is 0 Å². The molecule has 1 aliphatic rings. The zero-order valence-electron chi connectivity index (χ0n) is 14.1. The topological polar surface area (TPSA) is 112 Å². The highest BCUT2D eigenvalue weighted by atomic mass is 35.5. The van der Waals surface area contributed by atoms with Crippen LogP contribution in [0.4, 0.5) is 5.69 Å². The average Bonchev–Trinajstić information content (AvgIpc) is 2.61. The lowest BCUT2D eigenvalue weighted by Crippen LogP contribution is -2.48. The third kappa shape index (κ3) is 5.45. The minimum Gasteiger partial charge on any atom is -0.493 e.